The van der Waals surface area contributed by atoms with Crippen LogP contribution in [0.2, 0.25) is 0 Å². The van der Waals surface area contributed by atoms with Crippen molar-refractivity contribution < 1.29 is 29.9 Å². The molecule has 0 heterocycles. The summed E-state index contributed by atoms with van der Waals surface area (Å²) in [5.41, 5.74) is 5.59. The number of methoxy groups -OCH3 is 2. The van der Waals surface area contributed by atoms with Crippen molar-refractivity contribution in [1.29, 1.82) is 0 Å². The number of ether oxygens (including phenoxy) is 2. The van der Waals surface area contributed by atoms with Gasteiger partial charge < -0.3 is 29.9 Å². The Labute approximate surface area is 243 Å². The number of aryl methyl sites for hydroxylation is 1. The van der Waals surface area contributed by atoms with Crippen molar-refractivity contribution in [3.8, 4) is 23.0 Å². The van der Waals surface area contributed by atoms with Gasteiger partial charge in [0.05, 0.1) is 27.4 Å². The molecule has 0 aliphatic heterocycles. The van der Waals surface area contributed by atoms with Gasteiger partial charge in [0.15, 0.2) is 0 Å². The maximum Gasteiger partial charge on any atom is 0.121 e. The van der Waals surface area contributed by atoms with E-state index in [1.165, 1.54) is 11.1 Å². The Morgan fingerprint density at radius 1 is 0.659 bits per heavy atom. The standard InChI is InChI=1S/C17H18O3.C10H12O.C8H10O2/c1-20-16-8-5-13(6-9-16)3-2-4-14-7-10-17(19)15(11-14)12-18;1-3-4-9-5-7-10(11-2)8-6-9;1-6-2-3-8(10)7(4-6)5-9/h2,4-11,18-19H,3,12H2,1H3;3,5-8H,1,4H2,2H3;2-4,9-10H,5H2,1H3/b4-2+;;. The SMILES string of the molecule is C=CCc1ccc(OC)cc1.COc1ccc(C/C=C/c2ccc(O)c(CO)c2)cc1.Cc1ccc(O)c(CO)c1. The predicted octanol–water partition coefficient (Wildman–Crippen LogP) is 6.77. The van der Waals surface area contributed by atoms with Gasteiger partial charge in [0.2, 0.25) is 0 Å². The molecule has 0 aromatic heterocycles. The highest BCUT2D eigenvalue weighted by Gasteiger charge is 2.00. The molecule has 4 aromatic rings. The van der Waals surface area contributed by atoms with E-state index in [9.17, 15) is 5.11 Å². The fourth-order valence-electron chi connectivity index (χ4n) is 3.70. The van der Waals surface area contributed by atoms with E-state index in [0.29, 0.717) is 11.1 Å². The number of hydrogen-bond donors (Lipinski definition) is 4. The Morgan fingerprint density at radius 3 is 1.61 bits per heavy atom. The third-order valence-electron chi connectivity index (χ3n) is 6.04. The van der Waals surface area contributed by atoms with Crippen molar-refractivity contribution in [2.24, 2.45) is 0 Å². The fraction of sp³-hybridized carbons (Fsp3) is 0.200. The van der Waals surface area contributed by atoms with Crippen molar-refractivity contribution in [2.75, 3.05) is 14.2 Å². The first-order chi connectivity index (χ1) is 19.8. The molecule has 0 saturated heterocycles. The van der Waals surface area contributed by atoms with Gasteiger partial charge in [-0.3, -0.25) is 0 Å². The number of rotatable bonds is 9. The van der Waals surface area contributed by atoms with Gasteiger partial charge in [-0.25, -0.2) is 0 Å². The molecule has 4 rings (SSSR count). The van der Waals surface area contributed by atoms with E-state index < -0.39 is 0 Å². The first-order valence-corrected chi connectivity index (χ1v) is 13.2. The normalized spacial score (nSPS) is 10.2. The van der Waals surface area contributed by atoms with Crippen LogP contribution in [0.15, 0.2) is 104 Å². The van der Waals surface area contributed by atoms with Crippen LogP contribution in [0.25, 0.3) is 6.08 Å². The Hall–Kier alpha value is -4.52. The summed E-state index contributed by atoms with van der Waals surface area (Å²) in [6.45, 7) is 5.32. The average Bonchev–Trinajstić information content (AvgIpc) is 3.00. The molecule has 4 N–H and O–H groups in total. The molecule has 0 bridgehead atoms. The number of aliphatic hydroxyl groups excluding tert-OH is 2. The molecule has 0 atom stereocenters. The minimum Gasteiger partial charge on any atom is -0.508 e. The number of aromatic hydroxyl groups is 2. The molecular formula is C35H40O6. The number of phenols is 2. The molecule has 216 valence electrons. The summed E-state index contributed by atoms with van der Waals surface area (Å²) < 4.78 is 10.1. The van der Waals surface area contributed by atoms with Crippen molar-refractivity contribution in [3.63, 3.8) is 0 Å². The number of aliphatic hydroxyl groups is 2. The smallest absolute Gasteiger partial charge is 0.121 e. The monoisotopic (exact) mass is 556 g/mol. The van der Waals surface area contributed by atoms with Crippen LogP contribution in [0.1, 0.15) is 33.4 Å². The third kappa shape index (κ3) is 11.6. The highest BCUT2D eigenvalue weighted by atomic mass is 16.5. The zero-order valence-corrected chi connectivity index (χ0v) is 24.0. The zero-order valence-electron chi connectivity index (χ0n) is 24.0. The van der Waals surface area contributed by atoms with E-state index in [4.69, 9.17) is 24.8 Å². The van der Waals surface area contributed by atoms with Crippen LogP contribution in [0.5, 0.6) is 23.0 Å². The van der Waals surface area contributed by atoms with Gasteiger partial charge >= 0.3 is 0 Å². The van der Waals surface area contributed by atoms with Gasteiger partial charge in [-0.15, -0.1) is 6.58 Å². The molecule has 0 fully saturated rings. The van der Waals surface area contributed by atoms with E-state index in [1.54, 1.807) is 44.6 Å². The van der Waals surface area contributed by atoms with Gasteiger partial charge in [-0.05, 0) is 78.9 Å². The summed E-state index contributed by atoms with van der Waals surface area (Å²) in [6.07, 6.45) is 7.66. The minimum atomic E-state index is -0.161. The number of allylic oxidation sites excluding steroid dienone is 2. The van der Waals surface area contributed by atoms with Crippen LogP contribution in [0.3, 0.4) is 0 Å². The minimum absolute atomic E-state index is 0.104. The molecule has 0 saturated carbocycles. The Kier molecular flexibility index (Phi) is 14.3. The van der Waals surface area contributed by atoms with Crippen molar-refractivity contribution in [1.82, 2.24) is 0 Å². The van der Waals surface area contributed by atoms with Crippen LogP contribution in [0, 0.1) is 6.92 Å². The zero-order chi connectivity index (χ0) is 30.0. The fourth-order valence-corrected chi connectivity index (χ4v) is 3.70. The lowest BCUT2D eigenvalue weighted by Gasteiger charge is -2.02. The van der Waals surface area contributed by atoms with Gasteiger partial charge in [0, 0.05) is 11.1 Å². The Balaban J connectivity index is 0.000000236. The van der Waals surface area contributed by atoms with Gasteiger partial charge in [-0.2, -0.15) is 0 Å². The lowest BCUT2D eigenvalue weighted by atomic mass is 10.1. The highest BCUT2D eigenvalue weighted by Crippen LogP contribution is 2.20. The maximum absolute atomic E-state index is 9.49. The van der Waals surface area contributed by atoms with E-state index in [2.05, 4.69) is 12.7 Å². The topological polar surface area (TPSA) is 99.4 Å². The molecule has 41 heavy (non-hydrogen) atoms. The second kappa shape index (κ2) is 17.9. The highest BCUT2D eigenvalue weighted by molar-refractivity contribution is 5.53. The van der Waals surface area contributed by atoms with Crippen LogP contribution in [0.4, 0.5) is 0 Å². The molecule has 0 aliphatic carbocycles. The predicted molar refractivity (Wildman–Crippen MR) is 165 cm³/mol. The van der Waals surface area contributed by atoms with Crippen molar-refractivity contribution in [2.45, 2.75) is 33.0 Å². The molecule has 4 aromatic carbocycles. The average molecular weight is 557 g/mol. The van der Waals surface area contributed by atoms with E-state index in [-0.39, 0.29) is 24.7 Å². The summed E-state index contributed by atoms with van der Waals surface area (Å²) in [7, 11) is 3.32. The first kappa shape index (κ1) is 32.7. The molecule has 6 nitrogen and oxygen atoms in total. The van der Waals surface area contributed by atoms with Crippen molar-refractivity contribution >= 4 is 6.08 Å². The lowest BCUT2D eigenvalue weighted by molar-refractivity contribution is 0.275. The Morgan fingerprint density at radius 2 is 1.15 bits per heavy atom. The van der Waals surface area contributed by atoms with E-state index >= 15 is 0 Å². The number of benzene rings is 4. The summed E-state index contributed by atoms with van der Waals surface area (Å²) >= 11 is 0. The first-order valence-electron chi connectivity index (χ1n) is 13.2. The van der Waals surface area contributed by atoms with Crippen LogP contribution in [-0.2, 0) is 26.1 Å². The molecule has 0 unspecified atom stereocenters. The van der Waals surface area contributed by atoms with Crippen LogP contribution >= 0.6 is 0 Å². The lowest BCUT2D eigenvalue weighted by Crippen LogP contribution is -1.86. The molecule has 0 amide bonds. The maximum atomic E-state index is 9.49. The van der Waals surface area contributed by atoms with E-state index in [1.807, 2.05) is 73.7 Å². The van der Waals surface area contributed by atoms with Gasteiger partial charge in [0.1, 0.15) is 23.0 Å². The second-order valence-corrected chi connectivity index (χ2v) is 9.13. The molecule has 0 spiro atoms. The summed E-state index contributed by atoms with van der Waals surface area (Å²) in [5, 5.41) is 36.3. The molecule has 6 heteroatoms. The Bertz CT molecular complexity index is 1360. The summed E-state index contributed by atoms with van der Waals surface area (Å²) in [6, 6.07) is 26.3. The number of hydrogen-bond acceptors (Lipinski definition) is 6. The van der Waals surface area contributed by atoms with Crippen molar-refractivity contribution in [3.05, 3.63) is 137 Å². The van der Waals surface area contributed by atoms with Crippen LogP contribution < -0.4 is 9.47 Å². The largest absolute Gasteiger partial charge is 0.508 e. The molecule has 0 radical (unpaired) electrons. The summed E-state index contributed by atoms with van der Waals surface area (Å²) in [5.74, 6) is 2.04. The van der Waals surface area contributed by atoms with Gasteiger partial charge in [0.25, 0.3) is 0 Å². The summed E-state index contributed by atoms with van der Waals surface area (Å²) in [4.78, 5) is 0. The third-order valence-corrected chi connectivity index (χ3v) is 6.04. The quantitative estimate of drug-likeness (QED) is 0.170. The second-order valence-electron chi connectivity index (χ2n) is 9.13. The molecular weight excluding hydrogens is 516 g/mol. The van der Waals surface area contributed by atoms with Gasteiger partial charge in [-0.1, -0.05) is 66.3 Å². The van der Waals surface area contributed by atoms with E-state index in [0.717, 1.165) is 35.5 Å². The van der Waals surface area contributed by atoms with Crippen LogP contribution in [-0.4, -0.2) is 34.6 Å². The molecule has 0 aliphatic rings.